The summed E-state index contributed by atoms with van der Waals surface area (Å²) in [5.74, 6) is 0.467. The summed E-state index contributed by atoms with van der Waals surface area (Å²) in [6.07, 6.45) is 12.1. The molecule has 2 aliphatic rings. The zero-order valence-corrected chi connectivity index (χ0v) is 19.3. The minimum Gasteiger partial charge on any atom is -0.347 e. The maximum atomic E-state index is 6.49. The average molecular weight is 392 g/mol. The molecular formula is C25H45NO2. The molecule has 1 unspecified atom stereocenters. The first-order valence-electron chi connectivity index (χ1n) is 11.4. The van der Waals surface area contributed by atoms with E-state index in [2.05, 4.69) is 52.7 Å². The summed E-state index contributed by atoms with van der Waals surface area (Å²) in [6, 6.07) is 0. The first kappa shape index (κ1) is 23.6. The molecule has 2 rings (SSSR count). The number of ether oxygens (including phenoxy) is 2. The van der Waals surface area contributed by atoms with E-state index in [9.17, 15) is 0 Å². The molecule has 1 heterocycles. The van der Waals surface area contributed by atoms with Crippen molar-refractivity contribution in [2.45, 2.75) is 91.5 Å². The van der Waals surface area contributed by atoms with Crippen molar-refractivity contribution in [1.29, 1.82) is 0 Å². The van der Waals surface area contributed by atoms with Crippen molar-refractivity contribution in [2.75, 3.05) is 26.2 Å². The van der Waals surface area contributed by atoms with Crippen molar-refractivity contribution in [3.05, 3.63) is 25.3 Å². The van der Waals surface area contributed by atoms with Crippen LogP contribution in [0.3, 0.4) is 0 Å². The molecule has 0 N–H and O–H groups in total. The van der Waals surface area contributed by atoms with Crippen LogP contribution in [0.15, 0.2) is 25.3 Å². The fourth-order valence-electron chi connectivity index (χ4n) is 5.45. The van der Waals surface area contributed by atoms with Crippen molar-refractivity contribution in [3.8, 4) is 0 Å². The van der Waals surface area contributed by atoms with E-state index in [-0.39, 0.29) is 11.9 Å². The van der Waals surface area contributed by atoms with Gasteiger partial charge in [0.25, 0.3) is 0 Å². The van der Waals surface area contributed by atoms with Crippen molar-refractivity contribution in [2.24, 2.45) is 16.7 Å². The highest BCUT2D eigenvalue weighted by Crippen LogP contribution is 2.49. The van der Waals surface area contributed by atoms with Gasteiger partial charge in [0.05, 0.1) is 12.7 Å². The molecule has 28 heavy (non-hydrogen) atoms. The van der Waals surface area contributed by atoms with Crippen LogP contribution in [0.1, 0.15) is 79.6 Å². The molecule has 0 aromatic carbocycles. The standard InChI is InChI=1S/C25H45NO2/c1-8-10-17-26(16-9-2)18-13-22-19-27-25(28-22)14-11-21(12-15-25)24(6,7)20-23(3,4)5/h8-9,21-22H,1-2,10-20H2,3-7H3. The second-order valence-corrected chi connectivity index (χ2v) is 10.9. The lowest BCUT2D eigenvalue weighted by atomic mass is 9.64. The van der Waals surface area contributed by atoms with E-state index >= 15 is 0 Å². The second kappa shape index (κ2) is 9.91. The Balaban J connectivity index is 1.80. The van der Waals surface area contributed by atoms with Crippen LogP contribution in [-0.2, 0) is 9.47 Å². The van der Waals surface area contributed by atoms with E-state index in [1.165, 1.54) is 19.3 Å². The lowest BCUT2D eigenvalue weighted by molar-refractivity contribution is -0.198. The Morgan fingerprint density at radius 1 is 1.04 bits per heavy atom. The van der Waals surface area contributed by atoms with Gasteiger partial charge < -0.3 is 9.47 Å². The fraction of sp³-hybridized carbons (Fsp3) is 0.840. The Morgan fingerprint density at radius 3 is 2.29 bits per heavy atom. The molecule has 162 valence electrons. The lowest BCUT2D eigenvalue weighted by Crippen LogP contribution is -2.40. The highest BCUT2D eigenvalue weighted by molar-refractivity contribution is 4.91. The zero-order chi connectivity index (χ0) is 20.8. The molecule has 1 spiro atoms. The topological polar surface area (TPSA) is 21.7 Å². The number of hydrogen-bond acceptors (Lipinski definition) is 3. The summed E-state index contributed by atoms with van der Waals surface area (Å²) in [7, 11) is 0. The molecule has 1 atom stereocenters. The van der Waals surface area contributed by atoms with Gasteiger partial charge in [-0.05, 0) is 48.9 Å². The van der Waals surface area contributed by atoms with Crippen LogP contribution in [0.2, 0.25) is 0 Å². The molecular weight excluding hydrogens is 346 g/mol. The maximum absolute atomic E-state index is 6.49. The predicted molar refractivity (Wildman–Crippen MR) is 119 cm³/mol. The predicted octanol–water partition coefficient (Wildman–Crippen LogP) is 6.20. The van der Waals surface area contributed by atoms with E-state index in [1.807, 2.05) is 12.2 Å². The van der Waals surface area contributed by atoms with Gasteiger partial charge in [-0.2, -0.15) is 0 Å². The number of nitrogens with zero attached hydrogens (tertiary/aromatic N) is 1. The summed E-state index contributed by atoms with van der Waals surface area (Å²) in [5.41, 5.74) is 0.765. The molecule has 0 radical (unpaired) electrons. The van der Waals surface area contributed by atoms with Gasteiger partial charge in [0.15, 0.2) is 5.79 Å². The highest BCUT2D eigenvalue weighted by atomic mass is 16.7. The molecule has 3 heteroatoms. The van der Waals surface area contributed by atoms with Gasteiger partial charge in [0.2, 0.25) is 0 Å². The SMILES string of the molecule is C=CCCN(CC=C)CCC1COC2(CCC(C(C)(C)CC(C)(C)C)CC2)O1. The van der Waals surface area contributed by atoms with Crippen molar-refractivity contribution in [1.82, 2.24) is 4.90 Å². The van der Waals surface area contributed by atoms with Crippen molar-refractivity contribution >= 4 is 0 Å². The Bertz CT molecular complexity index is 497. The molecule has 0 bridgehead atoms. The molecule has 0 aromatic heterocycles. The van der Waals surface area contributed by atoms with Crippen LogP contribution < -0.4 is 0 Å². The third-order valence-corrected chi connectivity index (χ3v) is 6.56. The summed E-state index contributed by atoms with van der Waals surface area (Å²) in [6.45, 7) is 23.5. The normalized spacial score (nSPS) is 28.8. The molecule has 1 saturated heterocycles. The van der Waals surface area contributed by atoms with E-state index < -0.39 is 0 Å². The van der Waals surface area contributed by atoms with Gasteiger partial charge in [0.1, 0.15) is 0 Å². The zero-order valence-electron chi connectivity index (χ0n) is 19.3. The van der Waals surface area contributed by atoms with Crippen LogP contribution in [0.25, 0.3) is 0 Å². The van der Waals surface area contributed by atoms with Gasteiger partial charge in [-0.3, -0.25) is 4.90 Å². The third kappa shape index (κ3) is 7.00. The van der Waals surface area contributed by atoms with E-state index in [1.54, 1.807) is 0 Å². The van der Waals surface area contributed by atoms with E-state index in [0.717, 1.165) is 57.8 Å². The quantitative estimate of drug-likeness (QED) is 0.414. The average Bonchev–Trinajstić information content (AvgIpc) is 2.98. The second-order valence-electron chi connectivity index (χ2n) is 10.9. The summed E-state index contributed by atoms with van der Waals surface area (Å²) in [4.78, 5) is 2.43. The lowest BCUT2D eigenvalue weighted by Gasteiger charge is -2.45. The molecule has 0 aromatic rings. The Labute approximate surface area is 174 Å². The summed E-state index contributed by atoms with van der Waals surface area (Å²) in [5, 5.41) is 0. The molecule has 0 amide bonds. The molecule has 3 nitrogen and oxygen atoms in total. The molecule has 1 saturated carbocycles. The largest absolute Gasteiger partial charge is 0.347 e. The van der Waals surface area contributed by atoms with Gasteiger partial charge in [-0.25, -0.2) is 0 Å². The Morgan fingerprint density at radius 2 is 1.71 bits per heavy atom. The van der Waals surface area contributed by atoms with Crippen LogP contribution in [-0.4, -0.2) is 43.0 Å². The first-order chi connectivity index (χ1) is 13.1. The summed E-state index contributed by atoms with van der Waals surface area (Å²) < 4.78 is 12.7. The minimum absolute atomic E-state index is 0.232. The third-order valence-electron chi connectivity index (χ3n) is 6.56. The van der Waals surface area contributed by atoms with Crippen molar-refractivity contribution in [3.63, 3.8) is 0 Å². The maximum Gasteiger partial charge on any atom is 0.168 e. The van der Waals surface area contributed by atoms with Crippen LogP contribution in [0.5, 0.6) is 0 Å². The van der Waals surface area contributed by atoms with Crippen LogP contribution >= 0.6 is 0 Å². The van der Waals surface area contributed by atoms with E-state index in [0.29, 0.717) is 10.8 Å². The number of rotatable bonds is 10. The van der Waals surface area contributed by atoms with Gasteiger partial charge in [-0.1, -0.05) is 46.8 Å². The number of hydrogen-bond donors (Lipinski definition) is 0. The Hall–Kier alpha value is -0.640. The Kier molecular flexibility index (Phi) is 8.37. The van der Waals surface area contributed by atoms with E-state index in [4.69, 9.17) is 9.47 Å². The fourth-order valence-corrected chi connectivity index (χ4v) is 5.45. The molecule has 1 aliphatic heterocycles. The highest BCUT2D eigenvalue weighted by Gasteiger charge is 2.47. The van der Waals surface area contributed by atoms with Gasteiger partial charge >= 0.3 is 0 Å². The first-order valence-corrected chi connectivity index (χ1v) is 11.4. The monoisotopic (exact) mass is 391 g/mol. The van der Waals surface area contributed by atoms with Gasteiger partial charge in [0, 0.05) is 32.5 Å². The molecule has 2 fully saturated rings. The van der Waals surface area contributed by atoms with Crippen LogP contribution in [0, 0.1) is 16.7 Å². The summed E-state index contributed by atoms with van der Waals surface area (Å²) >= 11 is 0. The minimum atomic E-state index is -0.302. The van der Waals surface area contributed by atoms with Gasteiger partial charge in [-0.15, -0.1) is 13.2 Å². The van der Waals surface area contributed by atoms with Crippen LogP contribution in [0.4, 0.5) is 0 Å². The van der Waals surface area contributed by atoms with Crippen molar-refractivity contribution < 1.29 is 9.47 Å². The molecule has 1 aliphatic carbocycles. The smallest absolute Gasteiger partial charge is 0.168 e.